The minimum absolute atomic E-state index is 0. The van der Waals surface area contributed by atoms with E-state index in [-0.39, 0.29) is 69.7 Å². The summed E-state index contributed by atoms with van der Waals surface area (Å²) in [7, 11) is 0. The second kappa shape index (κ2) is 10.3. The smallest absolute Gasteiger partial charge is 1.00 e. The van der Waals surface area contributed by atoms with Crippen molar-refractivity contribution in [1.82, 2.24) is 5.32 Å². The van der Waals surface area contributed by atoms with E-state index in [2.05, 4.69) is 5.32 Å². The van der Waals surface area contributed by atoms with Crippen LogP contribution in [0.1, 0.15) is 20.3 Å². The first-order chi connectivity index (χ1) is 6.81. The van der Waals surface area contributed by atoms with E-state index in [1.165, 1.54) is 13.8 Å². The van der Waals surface area contributed by atoms with Gasteiger partial charge in [-0.3, -0.25) is 4.79 Å². The minimum atomic E-state index is -1.37. The monoisotopic (exact) mass is 293 g/mol. The van der Waals surface area contributed by atoms with Crippen LogP contribution in [0.25, 0.3) is 0 Å². The molecule has 0 aliphatic heterocycles. The number of carboxylic acids is 1. The molecule has 8 heteroatoms. The quantitative estimate of drug-likeness (QED) is 0.423. The number of nitrogens with one attached hydrogen (secondary N) is 1. The summed E-state index contributed by atoms with van der Waals surface area (Å²) >= 11 is 0. The summed E-state index contributed by atoms with van der Waals surface area (Å²) in [5.41, 5.74) is -0.953. The topological polar surface area (TPSA) is 110 Å². The number of rotatable bonds is 6. The van der Waals surface area contributed by atoms with Crippen LogP contribution in [0.15, 0.2) is 0 Å². The molecule has 0 heterocycles. The predicted octanol–water partition coefficient (Wildman–Crippen LogP) is -5.75. The van der Waals surface area contributed by atoms with Gasteiger partial charge in [0.2, 0.25) is 5.91 Å². The fraction of sp³-hybridized carbons (Fsp3) is 0.778. The third-order valence-corrected chi connectivity index (χ3v) is 2.02. The van der Waals surface area contributed by atoms with Crippen LogP contribution in [0, 0.1) is 5.41 Å². The summed E-state index contributed by atoms with van der Waals surface area (Å²) < 4.78 is 0. The average Bonchev–Trinajstić information content (AvgIpc) is 2.15. The molecule has 0 saturated heterocycles. The van der Waals surface area contributed by atoms with Crippen molar-refractivity contribution in [1.29, 1.82) is 0 Å². The maximum Gasteiger partial charge on any atom is 2.00 e. The van der Waals surface area contributed by atoms with Gasteiger partial charge in [-0.25, -0.2) is 0 Å². The van der Waals surface area contributed by atoms with Gasteiger partial charge in [-0.2, -0.15) is 0 Å². The summed E-state index contributed by atoms with van der Waals surface area (Å²) in [6.45, 7) is 2.60. The van der Waals surface area contributed by atoms with Crippen LogP contribution in [0.2, 0.25) is 0 Å². The first kappa shape index (κ1) is 22.6. The van der Waals surface area contributed by atoms with Gasteiger partial charge in [0.25, 0.3) is 0 Å². The number of carboxylic acid groups (broad SMARTS) is 1. The van der Waals surface area contributed by atoms with Crippen molar-refractivity contribution < 1.29 is 37.3 Å². The second-order valence-corrected chi connectivity index (χ2v) is 3.96. The first-order valence-corrected chi connectivity index (χ1v) is 4.57. The van der Waals surface area contributed by atoms with Gasteiger partial charge < -0.3 is 37.8 Å². The van der Waals surface area contributed by atoms with Crippen molar-refractivity contribution in [3.63, 3.8) is 0 Å². The number of carbonyl (C=O) groups is 2. The number of carbonyl (C=O) groups excluding carboxylic acids is 2. The average molecular weight is 294 g/mol. The van der Waals surface area contributed by atoms with Crippen molar-refractivity contribution >= 4 is 49.6 Å². The number of halogens is 1. The van der Waals surface area contributed by atoms with E-state index in [1.54, 1.807) is 0 Å². The maximum absolute atomic E-state index is 11.2. The molecule has 96 valence electrons. The molecular weight excluding hydrogens is 278 g/mol. The molecule has 0 bridgehead atoms. The molecule has 0 aliphatic carbocycles. The zero-order valence-electron chi connectivity index (χ0n) is 9.90. The molecule has 0 aromatic carbocycles. The van der Waals surface area contributed by atoms with Crippen molar-refractivity contribution in [2.24, 2.45) is 5.41 Å². The zero-order chi connectivity index (χ0) is 12.1. The minimum Gasteiger partial charge on any atom is -1.00 e. The Kier molecular flexibility index (Phi) is 13.7. The van der Waals surface area contributed by atoms with Gasteiger partial charge in [-0.1, -0.05) is 13.8 Å². The van der Waals surface area contributed by atoms with Crippen LogP contribution in [-0.2, 0) is 9.59 Å². The van der Waals surface area contributed by atoms with Gasteiger partial charge in [0.05, 0.1) is 6.61 Å². The normalized spacial score (nSPS) is 11.8. The van der Waals surface area contributed by atoms with Crippen LogP contribution in [-0.4, -0.2) is 79.1 Å². The fourth-order valence-electron chi connectivity index (χ4n) is 0.826. The molecule has 0 rings (SSSR count). The Morgan fingerprint density at radius 2 is 1.88 bits per heavy atom. The standard InChI is InChI=1S/C9H17NO5.Ca.ClH/c1-9(2,5-11)7(14)8(15)10-4-3-6(12)13;;/h7,11,14H,3-5H2,1-2H3,(H,10,15)(H,12,13);;1H/q;+2;/p-2. The Balaban J connectivity index is -0.000000980. The van der Waals surface area contributed by atoms with Crippen LogP contribution in [0.3, 0.4) is 0 Å². The molecule has 1 atom stereocenters. The molecule has 0 radical (unpaired) electrons. The molecular formula is C9H16CaClNO5. The Hall–Kier alpha value is 0.410. The molecule has 0 aromatic heterocycles. The van der Waals surface area contributed by atoms with E-state index >= 15 is 0 Å². The number of amides is 1. The third kappa shape index (κ3) is 9.04. The van der Waals surface area contributed by atoms with Crippen LogP contribution >= 0.6 is 0 Å². The summed E-state index contributed by atoms with van der Waals surface area (Å²) in [6.07, 6.45) is -1.68. The zero-order valence-corrected chi connectivity index (χ0v) is 12.9. The number of aliphatic carboxylic acids is 1. The van der Waals surface area contributed by atoms with Gasteiger partial charge in [-0.15, -0.1) is 0 Å². The van der Waals surface area contributed by atoms with Gasteiger partial charge in [0.15, 0.2) is 0 Å². The number of aliphatic hydroxyl groups is 2. The van der Waals surface area contributed by atoms with Crippen molar-refractivity contribution in [3.8, 4) is 0 Å². The van der Waals surface area contributed by atoms with Crippen LogP contribution in [0.4, 0.5) is 0 Å². The fourth-order valence-corrected chi connectivity index (χ4v) is 0.826. The van der Waals surface area contributed by atoms with E-state index < -0.39 is 23.4 Å². The maximum atomic E-state index is 11.2. The Bertz CT molecular complexity index is 250. The molecule has 0 fully saturated rings. The molecule has 0 aliphatic rings. The van der Waals surface area contributed by atoms with E-state index in [0.29, 0.717) is 0 Å². The molecule has 0 aromatic rings. The second-order valence-electron chi connectivity index (χ2n) is 3.96. The molecule has 1 amide bonds. The number of hydrogen-bond donors (Lipinski definition) is 3. The summed E-state index contributed by atoms with van der Waals surface area (Å²) in [4.78, 5) is 21.3. The van der Waals surface area contributed by atoms with Crippen molar-refractivity contribution in [2.45, 2.75) is 26.4 Å². The number of hydrogen-bond acceptors (Lipinski definition) is 5. The van der Waals surface area contributed by atoms with E-state index in [9.17, 15) is 19.8 Å². The Morgan fingerprint density at radius 3 is 2.24 bits per heavy atom. The molecule has 1 unspecified atom stereocenters. The third-order valence-electron chi connectivity index (χ3n) is 2.02. The summed E-state index contributed by atoms with van der Waals surface area (Å²) in [6, 6.07) is 0. The molecule has 0 spiro atoms. The summed E-state index contributed by atoms with van der Waals surface area (Å²) in [5.74, 6) is -1.97. The van der Waals surface area contributed by atoms with Crippen molar-refractivity contribution in [3.05, 3.63) is 0 Å². The largest absolute Gasteiger partial charge is 2.00 e. The number of aliphatic hydroxyl groups excluding tert-OH is 2. The van der Waals surface area contributed by atoms with Gasteiger partial charge in [0.1, 0.15) is 6.10 Å². The van der Waals surface area contributed by atoms with Crippen molar-refractivity contribution in [2.75, 3.05) is 13.2 Å². The Labute approximate surface area is 136 Å². The molecule has 0 saturated carbocycles. The van der Waals surface area contributed by atoms with Gasteiger partial charge in [0, 0.05) is 24.3 Å². The van der Waals surface area contributed by atoms with E-state index in [1.807, 2.05) is 0 Å². The molecule has 17 heavy (non-hydrogen) atoms. The molecule has 3 N–H and O–H groups in total. The van der Waals surface area contributed by atoms with E-state index in [4.69, 9.17) is 5.11 Å². The van der Waals surface area contributed by atoms with Crippen LogP contribution in [0.5, 0.6) is 0 Å². The predicted molar refractivity (Wildman–Crippen MR) is 55.3 cm³/mol. The van der Waals surface area contributed by atoms with Gasteiger partial charge >= 0.3 is 37.7 Å². The Morgan fingerprint density at radius 1 is 1.41 bits per heavy atom. The van der Waals surface area contributed by atoms with E-state index in [0.717, 1.165) is 0 Å². The SMILES string of the molecule is CC(C)(CO)C(O)C(=O)NCCC(=O)[O-].[Ca+2].[Cl-]. The van der Waals surface area contributed by atoms with Gasteiger partial charge in [-0.05, 0) is 0 Å². The summed E-state index contributed by atoms with van der Waals surface area (Å²) in [5, 5.41) is 30.6. The first-order valence-electron chi connectivity index (χ1n) is 4.57. The molecule has 6 nitrogen and oxygen atoms in total. The van der Waals surface area contributed by atoms with Crippen LogP contribution < -0.4 is 22.8 Å².